The molecule has 0 radical (unpaired) electrons. The molecule has 3 rings (SSSR count). The molecule has 0 saturated heterocycles. The predicted octanol–water partition coefficient (Wildman–Crippen LogP) is 3.99. The number of hydrogen-bond acceptors (Lipinski definition) is 8. The molecule has 4 atom stereocenters. The van der Waals surface area contributed by atoms with Gasteiger partial charge < -0.3 is 24.2 Å². The lowest BCUT2D eigenvalue weighted by atomic mass is 10.0. The molecule has 0 unspecified atom stereocenters. The number of aliphatic hydroxyl groups excluding tert-OH is 1. The third-order valence-corrected chi connectivity index (χ3v) is 8.06. The smallest absolute Gasteiger partial charge is 0.258 e. The van der Waals surface area contributed by atoms with E-state index in [2.05, 4.69) is 23.6 Å². The summed E-state index contributed by atoms with van der Waals surface area (Å²) in [5, 5.41) is 10.1. The van der Waals surface area contributed by atoms with Gasteiger partial charge in [-0.15, -0.1) is 0 Å². The van der Waals surface area contributed by atoms with Crippen LogP contribution in [0.4, 0.5) is 5.69 Å². The monoisotopic (exact) mass is 605 g/mol. The zero-order valence-electron chi connectivity index (χ0n) is 25.7. The van der Waals surface area contributed by atoms with Crippen molar-refractivity contribution in [2.75, 3.05) is 51.4 Å². The molecule has 1 aliphatic heterocycles. The quantitative estimate of drug-likeness (QED) is 0.441. The van der Waals surface area contributed by atoms with E-state index < -0.39 is 16.1 Å². The fraction of sp³-hybridized carbons (Fsp3) is 0.581. The molecule has 0 saturated carbocycles. The second-order valence-electron chi connectivity index (χ2n) is 11.4. The summed E-state index contributed by atoms with van der Waals surface area (Å²) < 4.78 is 44.2. The molecule has 1 heterocycles. The molecule has 2 aromatic rings. The van der Waals surface area contributed by atoms with Crippen LogP contribution in [0.15, 0.2) is 42.5 Å². The van der Waals surface area contributed by atoms with E-state index in [-0.39, 0.29) is 41.9 Å². The summed E-state index contributed by atoms with van der Waals surface area (Å²) in [6, 6.07) is 12.2. The lowest BCUT2D eigenvalue weighted by Gasteiger charge is -2.36. The maximum absolute atomic E-state index is 14.1. The molecule has 1 amide bonds. The molecule has 0 bridgehead atoms. The van der Waals surface area contributed by atoms with Crippen LogP contribution in [0.25, 0.3) is 0 Å². The first-order chi connectivity index (χ1) is 19.9. The highest BCUT2D eigenvalue weighted by atomic mass is 32.2. The first-order valence-corrected chi connectivity index (χ1v) is 16.4. The standard InChI is InChI=1S/C31H47N3O7S/c1-22-18-34(23(2)21-35)31(36)28-17-26(32-42(6,37)38)12-15-29(28)41-24(3)9-7-8-16-40-30(22)20-33(4)19-25-10-13-27(39-5)14-11-25/h10-15,17,22-24,30,32,35H,7-9,16,18-21H2,1-6H3/t22-,23-,24-,30-/m1/s1. The molecule has 2 aromatic carbocycles. The van der Waals surface area contributed by atoms with E-state index in [0.717, 1.165) is 43.4 Å². The maximum atomic E-state index is 14.1. The van der Waals surface area contributed by atoms with Crippen LogP contribution in [0.1, 0.15) is 56.0 Å². The van der Waals surface area contributed by atoms with Gasteiger partial charge >= 0.3 is 0 Å². The van der Waals surface area contributed by atoms with Gasteiger partial charge in [-0.3, -0.25) is 14.4 Å². The number of anilines is 1. The van der Waals surface area contributed by atoms with Crippen molar-refractivity contribution in [1.82, 2.24) is 9.80 Å². The molecule has 1 aliphatic rings. The summed E-state index contributed by atoms with van der Waals surface area (Å²) in [4.78, 5) is 17.9. The van der Waals surface area contributed by atoms with Crippen molar-refractivity contribution in [3.63, 3.8) is 0 Å². The van der Waals surface area contributed by atoms with E-state index in [9.17, 15) is 18.3 Å². The van der Waals surface area contributed by atoms with E-state index in [1.54, 1.807) is 31.1 Å². The second kappa shape index (κ2) is 15.6. The SMILES string of the molecule is COc1ccc(CN(C)C[C@H]2OCCCC[C@@H](C)Oc3ccc(NS(C)(=O)=O)cc3C(=O)N([C@H](C)CO)C[C@H]2C)cc1. The van der Waals surface area contributed by atoms with Crippen molar-refractivity contribution in [1.29, 1.82) is 0 Å². The Morgan fingerprint density at radius 3 is 2.52 bits per heavy atom. The molecule has 234 valence electrons. The average Bonchev–Trinajstić information content (AvgIpc) is 2.94. The Bertz CT molecular complexity index is 1260. The predicted molar refractivity (Wildman–Crippen MR) is 165 cm³/mol. The van der Waals surface area contributed by atoms with E-state index >= 15 is 0 Å². The molecule has 42 heavy (non-hydrogen) atoms. The number of carbonyl (C=O) groups is 1. The number of rotatable bonds is 9. The Balaban J connectivity index is 1.90. The molecule has 0 spiro atoms. The summed E-state index contributed by atoms with van der Waals surface area (Å²) in [6.45, 7) is 7.89. The molecule has 10 nitrogen and oxygen atoms in total. The number of likely N-dealkylation sites (N-methyl/N-ethyl adjacent to an activating group) is 1. The summed E-state index contributed by atoms with van der Waals surface area (Å²) in [5.74, 6) is 0.793. The lowest BCUT2D eigenvalue weighted by molar-refractivity contribution is -0.0177. The lowest BCUT2D eigenvalue weighted by Crippen LogP contribution is -2.47. The van der Waals surface area contributed by atoms with Crippen LogP contribution in [0.2, 0.25) is 0 Å². The number of nitrogens with one attached hydrogen (secondary N) is 1. The number of nitrogens with zero attached hydrogens (tertiary/aromatic N) is 2. The van der Waals surface area contributed by atoms with E-state index in [1.807, 2.05) is 31.2 Å². The van der Waals surface area contributed by atoms with Crippen molar-refractivity contribution in [2.24, 2.45) is 5.92 Å². The van der Waals surface area contributed by atoms with Crippen LogP contribution in [0.5, 0.6) is 11.5 Å². The number of sulfonamides is 1. The number of methoxy groups -OCH3 is 1. The van der Waals surface area contributed by atoms with Crippen LogP contribution in [0, 0.1) is 5.92 Å². The fourth-order valence-corrected chi connectivity index (χ4v) is 5.63. The van der Waals surface area contributed by atoms with Crippen molar-refractivity contribution in [2.45, 2.75) is 64.8 Å². The van der Waals surface area contributed by atoms with E-state index in [4.69, 9.17) is 14.2 Å². The van der Waals surface area contributed by atoms with Crippen molar-refractivity contribution < 1.29 is 32.5 Å². The summed E-state index contributed by atoms with van der Waals surface area (Å²) in [6.07, 6.45) is 3.28. The Labute approximate surface area is 251 Å². The minimum absolute atomic E-state index is 0.0650. The van der Waals surface area contributed by atoms with E-state index in [1.165, 1.54) is 6.07 Å². The number of fused-ring (bicyclic) bond motifs is 1. The Morgan fingerprint density at radius 2 is 1.88 bits per heavy atom. The summed E-state index contributed by atoms with van der Waals surface area (Å²) >= 11 is 0. The van der Waals surface area contributed by atoms with Crippen LogP contribution in [-0.2, 0) is 21.3 Å². The van der Waals surface area contributed by atoms with Gasteiger partial charge in [-0.2, -0.15) is 0 Å². The highest BCUT2D eigenvalue weighted by Gasteiger charge is 2.30. The van der Waals surface area contributed by atoms with Gasteiger partial charge in [0.25, 0.3) is 5.91 Å². The number of carbonyl (C=O) groups excluding carboxylic acids is 1. The molecular weight excluding hydrogens is 558 g/mol. The normalized spacial score (nSPS) is 21.7. The largest absolute Gasteiger partial charge is 0.497 e. The maximum Gasteiger partial charge on any atom is 0.258 e. The van der Waals surface area contributed by atoms with Gasteiger partial charge in [0.1, 0.15) is 11.5 Å². The van der Waals surface area contributed by atoms with Crippen molar-refractivity contribution in [3.8, 4) is 11.5 Å². The van der Waals surface area contributed by atoms with Crippen LogP contribution in [-0.4, -0.2) is 94.2 Å². The molecule has 0 aliphatic carbocycles. The number of hydrogen-bond donors (Lipinski definition) is 2. The minimum Gasteiger partial charge on any atom is -0.497 e. The van der Waals surface area contributed by atoms with Crippen LogP contribution < -0.4 is 14.2 Å². The van der Waals surface area contributed by atoms with Gasteiger partial charge in [-0.25, -0.2) is 8.42 Å². The van der Waals surface area contributed by atoms with Gasteiger partial charge in [0.2, 0.25) is 10.0 Å². The molecule has 2 N–H and O–H groups in total. The minimum atomic E-state index is -3.55. The van der Waals surface area contributed by atoms with E-state index in [0.29, 0.717) is 25.4 Å². The zero-order chi connectivity index (χ0) is 30.9. The second-order valence-corrected chi connectivity index (χ2v) is 13.2. The third-order valence-electron chi connectivity index (χ3n) is 7.46. The molecule has 0 fully saturated rings. The van der Waals surface area contributed by atoms with Crippen molar-refractivity contribution in [3.05, 3.63) is 53.6 Å². The van der Waals surface area contributed by atoms with Crippen molar-refractivity contribution >= 4 is 21.6 Å². The first kappa shape index (κ1) is 33.6. The fourth-order valence-electron chi connectivity index (χ4n) is 5.08. The van der Waals surface area contributed by atoms with Gasteiger partial charge in [0, 0.05) is 37.8 Å². The summed E-state index contributed by atoms with van der Waals surface area (Å²) in [5.41, 5.74) is 1.67. The zero-order valence-corrected chi connectivity index (χ0v) is 26.5. The highest BCUT2D eigenvalue weighted by Crippen LogP contribution is 2.29. The third kappa shape index (κ3) is 10.1. The topological polar surface area (TPSA) is 118 Å². The van der Waals surface area contributed by atoms with Gasteiger partial charge in [0.15, 0.2) is 0 Å². The first-order valence-electron chi connectivity index (χ1n) is 14.5. The van der Waals surface area contributed by atoms with Gasteiger partial charge in [0.05, 0.1) is 43.8 Å². The number of amides is 1. The number of benzene rings is 2. The van der Waals surface area contributed by atoms with Gasteiger partial charge in [-0.1, -0.05) is 19.1 Å². The molecular formula is C31H47N3O7S. The summed E-state index contributed by atoms with van der Waals surface area (Å²) in [7, 11) is 0.149. The molecule has 11 heteroatoms. The average molecular weight is 606 g/mol. The Hall–Kier alpha value is -2.86. The highest BCUT2D eigenvalue weighted by molar-refractivity contribution is 7.92. The molecule has 0 aromatic heterocycles. The van der Waals surface area contributed by atoms with Gasteiger partial charge in [-0.05, 0) is 76.1 Å². The Morgan fingerprint density at radius 1 is 1.17 bits per heavy atom. The number of ether oxygens (including phenoxy) is 3. The van der Waals surface area contributed by atoms with Crippen LogP contribution >= 0.6 is 0 Å². The Kier molecular flexibility index (Phi) is 12.5. The van der Waals surface area contributed by atoms with Crippen LogP contribution in [0.3, 0.4) is 0 Å². The number of aliphatic hydroxyl groups is 1.